The van der Waals surface area contributed by atoms with Crippen molar-refractivity contribution in [3.05, 3.63) is 65.7 Å². The Hall–Kier alpha value is -2.79. The summed E-state index contributed by atoms with van der Waals surface area (Å²) in [5, 5.41) is 11.8. The molecule has 2 rings (SSSR count). The van der Waals surface area contributed by atoms with Gasteiger partial charge in [-0.1, -0.05) is 24.3 Å². The highest BCUT2D eigenvalue weighted by atomic mass is 16.5. The summed E-state index contributed by atoms with van der Waals surface area (Å²) >= 11 is 0. The highest BCUT2D eigenvalue weighted by Gasteiger charge is 1.98. The Kier molecular flexibility index (Phi) is 5.57. The van der Waals surface area contributed by atoms with Crippen LogP contribution in [0.3, 0.4) is 0 Å². The maximum Gasteiger partial charge on any atom is 0.267 e. The van der Waals surface area contributed by atoms with Gasteiger partial charge >= 0.3 is 0 Å². The summed E-state index contributed by atoms with van der Waals surface area (Å²) in [7, 11) is 1.64. The highest BCUT2D eigenvalue weighted by Crippen LogP contribution is 2.17. The van der Waals surface area contributed by atoms with Gasteiger partial charge in [0.15, 0.2) is 0 Å². The van der Waals surface area contributed by atoms with E-state index in [-0.39, 0.29) is 0 Å². The monoisotopic (exact) mass is 298 g/mol. The van der Waals surface area contributed by atoms with Gasteiger partial charge in [-0.05, 0) is 35.4 Å². The molecule has 0 saturated carbocycles. The number of benzene rings is 2. The van der Waals surface area contributed by atoms with Crippen LogP contribution in [0.1, 0.15) is 11.1 Å². The van der Waals surface area contributed by atoms with Crippen molar-refractivity contribution in [3.8, 4) is 5.75 Å². The Labute approximate surface area is 129 Å². The normalized spacial score (nSPS) is 10.5. The van der Waals surface area contributed by atoms with Gasteiger partial charge in [0.1, 0.15) is 5.75 Å². The van der Waals surface area contributed by atoms with Gasteiger partial charge < -0.3 is 10.1 Å². The average Bonchev–Trinajstić information content (AvgIpc) is 2.58. The second-order valence-electron chi connectivity index (χ2n) is 4.64. The predicted molar refractivity (Wildman–Crippen MR) is 85.7 cm³/mol. The number of carbonyl (C=O) groups excluding carboxylic acids is 1. The molecule has 2 aromatic rings. The van der Waals surface area contributed by atoms with Crippen molar-refractivity contribution in [1.29, 1.82) is 0 Å². The Morgan fingerprint density at radius 2 is 2.05 bits per heavy atom. The molecule has 0 aliphatic carbocycles. The molecule has 3 N–H and O–H groups in total. The van der Waals surface area contributed by atoms with Gasteiger partial charge in [0.25, 0.3) is 5.91 Å². The second-order valence-corrected chi connectivity index (χ2v) is 4.64. The van der Waals surface area contributed by atoms with Crippen molar-refractivity contribution in [1.82, 2.24) is 5.48 Å². The van der Waals surface area contributed by atoms with Crippen LogP contribution in [0.15, 0.2) is 54.6 Å². The molecule has 5 nitrogen and oxygen atoms in total. The van der Waals surface area contributed by atoms with Crippen molar-refractivity contribution >= 4 is 17.7 Å². The van der Waals surface area contributed by atoms with Gasteiger partial charge in [-0.25, -0.2) is 5.48 Å². The lowest BCUT2D eigenvalue weighted by atomic mass is 10.1. The molecule has 0 radical (unpaired) electrons. The topological polar surface area (TPSA) is 70.6 Å². The van der Waals surface area contributed by atoms with E-state index in [1.807, 2.05) is 48.5 Å². The fourth-order valence-corrected chi connectivity index (χ4v) is 1.95. The summed E-state index contributed by atoms with van der Waals surface area (Å²) in [6.45, 7) is 0.654. The first-order chi connectivity index (χ1) is 10.7. The van der Waals surface area contributed by atoms with E-state index in [2.05, 4.69) is 5.32 Å². The highest BCUT2D eigenvalue weighted by molar-refractivity contribution is 5.90. The molecule has 2 aromatic carbocycles. The number of methoxy groups -OCH3 is 1. The van der Waals surface area contributed by atoms with Crippen molar-refractivity contribution in [3.63, 3.8) is 0 Å². The minimum Gasteiger partial charge on any atom is -0.497 e. The zero-order chi connectivity index (χ0) is 15.8. The molecule has 1 amide bonds. The number of ether oxygens (including phenoxy) is 1. The van der Waals surface area contributed by atoms with E-state index >= 15 is 0 Å². The molecule has 0 aromatic heterocycles. The van der Waals surface area contributed by atoms with Gasteiger partial charge in [0.05, 0.1) is 7.11 Å². The van der Waals surface area contributed by atoms with E-state index < -0.39 is 5.91 Å². The molecule has 5 heteroatoms. The molecular weight excluding hydrogens is 280 g/mol. The zero-order valence-corrected chi connectivity index (χ0v) is 12.2. The van der Waals surface area contributed by atoms with E-state index in [1.165, 1.54) is 6.08 Å². The first kappa shape index (κ1) is 15.6. The number of hydrogen-bond donors (Lipinski definition) is 3. The summed E-state index contributed by atoms with van der Waals surface area (Å²) < 4.78 is 5.18. The smallest absolute Gasteiger partial charge is 0.267 e. The molecule has 0 unspecified atom stereocenters. The third-order valence-electron chi connectivity index (χ3n) is 3.05. The summed E-state index contributed by atoms with van der Waals surface area (Å²) in [4.78, 5) is 11.0. The lowest BCUT2D eigenvalue weighted by Crippen LogP contribution is -2.14. The lowest BCUT2D eigenvalue weighted by Gasteiger charge is -2.08. The third kappa shape index (κ3) is 4.64. The van der Waals surface area contributed by atoms with Crippen LogP contribution < -0.4 is 15.5 Å². The Morgan fingerprint density at radius 3 is 2.82 bits per heavy atom. The lowest BCUT2D eigenvalue weighted by molar-refractivity contribution is -0.124. The number of carbonyl (C=O) groups is 1. The van der Waals surface area contributed by atoms with Crippen LogP contribution in [0.5, 0.6) is 5.75 Å². The van der Waals surface area contributed by atoms with Gasteiger partial charge in [-0.2, -0.15) is 0 Å². The fourth-order valence-electron chi connectivity index (χ4n) is 1.95. The van der Waals surface area contributed by atoms with E-state index in [9.17, 15) is 4.79 Å². The molecule has 0 aliphatic heterocycles. The largest absolute Gasteiger partial charge is 0.497 e. The van der Waals surface area contributed by atoms with Crippen LogP contribution >= 0.6 is 0 Å². The Balaban J connectivity index is 2.01. The van der Waals surface area contributed by atoms with Crippen LogP contribution in [0.4, 0.5) is 5.69 Å². The van der Waals surface area contributed by atoms with Crippen molar-refractivity contribution < 1.29 is 14.7 Å². The maximum absolute atomic E-state index is 11.0. The van der Waals surface area contributed by atoms with Crippen molar-refractivity contribution in [2.75, 3.05) is 12.4 Å². The molecule has 0 atom stereocenters. The Morgan fingerprint density at radius 1 is 1.23 bits per heavy atom. The minimum atomic E-state index is -0.556. The number of nitrogens with one attached hydrogen (secondary N) is 2. The zero-order valence-electron chi connectivity index (χ0n) is 12.2. The van der Waals surface area contributed by atoms with E-state index in [0.29, 0.717) is 6.54 Å². The SMILES string of the molecule is COc1cccc(NCc2cccc(/C=C/C(=O)NO)c2)c1. The molecule has 114 valence electrons. The van der Waals surface area contributed by atoms with Crippen LogP contribution in [0, 0.1) is 0 Å². The Bertz CT molecular complexity index is 668. The average molecular weight is 298 g/mol. The number of hydrogen-bond acceptors (Lipinski definition) is 4. The predicted octanol–water partition coefficient (Wildman–Crippen LogP) is 2.83. The molecule has 0 fully saturated rings. The summed E-state index contributed by atoms with van der Waals surface area (Å²) in [6.07, 6.45) is 2.91. The number of rotatable bonds is 6. The fraction of sp³-hybridized carbons (Fsp3) is 0.118. The third-order valence-corrected chi connectivity index (χ3v) is 3.05. The van der Waals surface area contributed by atoms with Gasteiger partial charge in [-0.15, -0.1) is 0 Å². The molecule has 0 saturated heterocycles. The molecule has 0 bridgehead atoms. The van der Waals surface area contributed by atoms with Crippen LogP contribution in [-0.4, -0.2) is 18.2 Å². The van der Waals surface area contributed by atoms with Crippen molar-refractivity contribution in [2.45, 2.75) is 6.54 Å². The van der Waals surface area contributed by atoms with Crippen LogP contribution in [0.2, 0.25) is 0 Å². The first-order valence-corrected chi connectivity index (χ1v) is 6.80. The number of hydroxylamine groups is 1. The molecule has 0 heterocycles. The van der Waals surface area contributed by atoms with Crippen LogP contribution in [-0.2, 0) is 11.3 Å². The maximum atomic E-state index is 11.0. The molecule has 22 heavy (non-hydrogen) atoms. The minimum absolute atomic E-state index is 0.556. The van der Waals surface area contributed by atoms with Gasteiger partial charge in [0, 0.05) is 24.4 Å². The quantitative estimate of drug-likeness (QED) is 0.436. The van der Waals surface area contributed by atoms with Crippen molar-refractivity contribution in [2.24, 2.45) is 0 Å². The second kappa shape index (κ2) is 7.85. The molecular formula is C17H18N2O3. The number of anilines is 1. The number of amides is 1. The van der Waals surface area contributed by atoms with Gasteiger partial charge in [-0.3, -0.25) is 10.0 Å². The summed E-state index contributed by atoms with van der Waals surface area (Å²) in [5.41, 5.74) is 4.49. The van der Waals surface area contributed by atoms with E-state index in [1.54, 1.807) is 18.7 Å². The van der Waals surface area contributed by atoms with E-state index in [4.69, 9.17) is 9.94 Å². The molecule has 0 spiro atoms. The summed E-state index contributed by atoms with van der Waals surface area (Å²) in [5.74, 6) is 0.247. The van der Waals surface area contributed by atoms with Gasteiger partial charge in [0.2, 0.25) is 0 Å². The standard InChI is InChI=1S/C17H18N2O3/c1-22-16-7-3-6-15(11-16)18-12-14-5-2-4-13(10-14)8-9-17(20)19-21/h2-11,18,21H,12H2,1H3,(H,19,20)/b9-8+. The van der Waals surface area contributed by atoms with Crippen LogP contribution in [0.25, 0.3) is 6.08 Å². The van der Waals surface area contributed by atoms with E-state index in [0.717, 1.165) is 22.6 Å². The summed E-state index contributed by atoms with van der Waals surface area (Å²) in [6, 6.07) is 15.5. The molecule has 0 aliphatic rings. The first-order valence-electron chi connectivity index (χ1n) is 6.80.